The summed E-state index contributed by atoms with van der Waals surface area (Å²) in [6, 6.07) is 1.72. The molecule has 0 aliphatic carbocycles. The minimum Gasteiger partial charge on any atom is -0.364 e. The maximum absolute atomic E-state index is 4.61. The lowest BCUT2D eigenvalue weighted by Crippen LogP contribution is -2.07. The molecule has 4 heteroatoms. The molecule has 0 amide bonds. The Morgan fingerprint density at radius 3 is 2.90 bits per heavy atom. The van der Waals surface area contributed by atoms with Crippen LogP contribution in [0.15, 0.2) is 34.2 Å². The Balaban J connectivity index is 2.30. The van der Waals surface area contributed by atoms with Gasteiger partial charge in [0, 0.05) is 18.5 Å². The Morgan fingerprint density at radius 2 is 2.30 bits per heavy atom. The highest BCUT2D eigenvalue weighted by molar-refractivity contribution is 5.98. The van der Waals surface area contributed by atoms with Gasteiger partial charge in [0.1, 0.15) is 6.26 Å². The van der Waals surface area contributed by atoms with Crippen LogP contribution in [0.2, 0.25) is 0 Å². The fraction of sp³-hybridized carbons (Fsp3) is 0. The minimum atomic E-state index is 0.605. The summed E-state index contributed by atoms with van der Waals surface area (Å²) in [7, 11) is 0. The summed E-state index contributed by atoms with van der Waals surface area (Å²) < 4.78 is 4.61. The molecule has 49 valence electrons. The van der Waals surface area contributed by atoms with E-state index in [0.717, 1.165) is 0 Å². The van der Waals surface area contributed by atoms with Gasteiger partial charge in [-0.25, -0.2) is 10.3 Å². The molecule has 10 heavy (non-hydrogen) atoms. The van der Waals surface area contributed by atoms with E-state index in [4.69, 9.17) is 0 Å². The summed E-state index contributed by atoms with van der Waals surface area (Å²) in [5.41, 5.74) is 0.671. The molecular weight excluding hydrogens is 130 g/mol. The summed E-state index contributed by atoms with van der Waals surface area (Å²) in [5.74, 6) is 0.605. The van der Waals surface area contributed by atoms with Crippen LogP contribution in [-0.4, -0.2) is 11.0 Å². The molecule has 0 bridgehead atoms. The van der Waals surface area contributed by atoms with Crippen molar-refractivity contribution >= 4 is 5.84 Å². The molecule has 2 heterocycles. The largest absolute Gasteiger partial charge is 0.364 e. The maximum atomic E-state index is 4.61. The Hall–Kier alpha value is -1.58. The van der Waals surface area contributed by atoms with Crippen molar-refractivity contribution in [3.8, 4) is 0 Å². The van der Waals surface area contributed by atoms with Crippen molar-refractivity contribution in [1.82, 2.24) is 10.5 Å². The zero-order chi connectivity index (χ0) is 6.81. The van der Waals surface area contributed by atoms with E-state index in [1.165, 1.54) is 6.26 Å². The second kappa shape index (κ2) is 1.98. The number of aromatic nitrogens is 1. The highest BCUT2D eigenvalue weighted by Gasteiger charge is 2.07. The second-order valence-corrected chi connectivity index (χ2v) is 1.76. The Labute approximate surface area is 57.2 Å². The molecule has 0 saturated carbocycles. The second-order valence-electron chi connectivity index (χ2n) is 1.76. The van der Waals surface area contributed by atoms with Crippen molar-refractivity contribution in [3.05, 3.63) is 30.4 Å². The zero-order valence-electron chi connectivity index (χ0n) is 5.06. The van der Waals surface area contributed by atoms with Crippen LogP contribution in [0.5, 0.6) is 0 Å². The lowest BCUT2D eigenvalue weighted by Gasteiger charge is -1.88. The fourth-order valence-corrected chi connectivity index (χ4v) is 0.701. The molecule has 1 aromatic heterocycles. The number of nitrogens with zero attached hydrogens (tertiary/aromatic N) is 3. The van der Waals surface area contributed by atoms with E-state index in [1.807, 2.05) is 0 Å². The average molecular weight is 134 g/mol. The number of amidine groups is 1. The van der Waals surface area contributed by atoms with Crippen LogP contribution in [0.25, 0.3) is 0 Å². The van der Waals surface area contributed by atoms with E-state index in [2.05, 4.69) is 20.0 Å². The van der Waals surface area contributed by atoms with Gasteiger partial charge in [-0.1, -0.05) is 5.16 Å². The summed E-state index contributed by atoms with van der Waals surface area (Å²) >= 11 is 0. The number of hydrogen-bond acceptors (Lipinski definition) is 3. The van der Waals surface area contributed by atoms with Crippen LogP contribution < -0.4 is 5.32 Å². The summed E-state index contributed by atoms with van der Waals surface area (Å²) in [6.07, 6.45) is 4.72. The third-order valence-corrected chi connectivity index (χ3v) is 1.13. The van der Waals surface area contributed by atoms with E-state index in [0.29, 0.717) is 11.5 Å². The van der Waals surface area contributed by atoms with Crippen molar-refractivity contribution in [3.63, 3.8) is 0 Å². The predicted molar refractivity (Wildman–Crippen MR) is 34.3 cm³/mol. The van der Waals surface area contributed by atoms with Crippen molar-refractivity contribution in [1.29, 1.82) is 0 Å². The topological polar surface area (TPSA) is 52.5 Å². The standard InChI is InChI=1S/C6H4N3O/c1-4-10-9-5(1)6-7-2-3-8-6/h1-4H. The number of hydrogen-bond donors (Lipinski definition) is 0. The lowest BCUT2D eigenvalue weighted by molar-refractivity contribution is 0.418. The fourth-order valence-electron chi connectivity index (χ4n) is 0.701. The molecule has 1 aliphatic heterocycles. The van der Waals surface area contributed by atoms with E-state index < -0.39 is 0 Å². The van der Waals surface area contributed by atoms with Gasteiger partial charge in [-0.2, -0.15) is 0 Å². The number of aliphatic imine (C=N–C) groups is 1. The van der Waals surface area contributed by atoms with Gasteiger partial charge in [-0.3, -0.25) is 0 Å². The molecule has 0 spiro atoms. The van der Waals surface area contributed by atoms with Crippen LogP contribution in [-0.2, 0) is 0 Å². The van der Waals surface area contributed by atoms with Crippen molar-refractivity contribution in [2.24, 2.45) is 4.99 Å². The first-order valence-electron chi connectivity index (χ1n) is 2.81. The monoisotopic (exact) mass is 134 g/mol. The molecule has 2 rings (SSSR count). The molecule has 4 nitrogen and oxygen atoms in total. The average Bonchev–Trinajstić information content (AvgIpc) is 2.59. The van der Waals surface area contributed by atoms with Crippen molar-refractivity contribution < 1.29 is 4.52 Å². The van der Waals surface area contributed by atoms with E-state index in [1.54, 1.807) is 18.5 Å². The van der Waals surface area contributed by atoms with Crippen LogP contribution in [0.3, 0.4) is 0 Å². The third-order valence-electron chi connectivity index (χ3n) is 1.13. The van der Waals surface area contributed by atoms with Crippen molar-refractivity contribution in [2.75, 3.05) is 0 Å². The first kappa shape index (κ1) is 5.22. The Kier molecular flexibility index (Phi) is 1.04. The maximum Gasteiger partial charge on any atom is 0.181 e. The molecule has 0 unspecified atom stereocenters. The Bertz CT molecular complexity index is 273. The smallest absolute Gasteiger partial charge is 0.181 e. The minimum absolute atomic E-state index is 0.605. The molecule has 1 aromatic rings. The van der Waals surface area contributed by atoms with Crippen LogP contribution in [0, 0.1) is 0 Å². The van der Waals surface area contributed by atoms with Crippen LogP contribution >= 0.6 is 0 Å². The zero-order valence-corrected chi connectivity index (χ0v) is 5.06. The van der Waals surface area contributed by atoms with Gasteiger partial charge in [0.25, 0.3) is 0 Å². The molecular formula is C6H4N3O. The third kappa shape index (κ3) is 0.699. The Morgan fingerprint density at radius 1 is 1.30 bits per heavy atom. The highest BCUT2D eigenvalue weighted by Crippen LogP contribution is 2.00. The van der Waals surface area contributed by atoms with Gasteiger partial charge >= 0.3 is 0 Å². The van der Waals surface area contributed by atoms with E-state index >= 15 is 0 Å². The van der Waals surface area contributed by atoms with Gasteiger partial charge in [-0.15, -0.1) is 0 Å². The highest BCUT2D eigenvalue weighted by atomic mass is 16.5. The molecule has 0 aromatic carbocycles. The first-order chi connectivity index (χ1) is 4.97. The van der Waals surface area contributed by atoms with E-state index in [9.17, 15) is 0 Å². The lowest BCUT2D eigenvalue weighted by atomic mass is 10.4. The summed E-state index contributed by atoms with van der Waals surface area (Å²) in [5, 5.41) is 7.58. The van der Waals surface area contributed by atoms with Gasteiger partial charge in [0.15, 0.2) is 11.5 Å². The van der Waals surface area contributed by atoms with Gasteiger partial charge in [0.05, 0.1) is 0 Å². The quantitative estimate of drug-likeness (QED) is 0.561. The van der Waals surface area contributed by atoms with Gasteiger partial charge < -0.3 is 4.52 Å². The summed E-state index contributed by atoms with van der Waals surface area (Å²) in [4.78, 5) is 3.93. The predicted octanol–water partition coefficient (Wildman–Crippen LogP) is 0.510. The first-order valence-corrected chi connectivity index (χ1v) is 2.81. The normalized spacial score (nSPS) is 15.0. The summed E-state index contributed by atoms with van der Waals surface area (Å²) in [6.45, 7) is 0. The van der Waals surface area contributed by atoms with Gasteiger partial charge in [-0.05, 0) is 0 Å². The SMILES string of the molecule is C1=CN=C(c2ccon2)[N]1. The van der Waals surface area contributed by atoms with Gasteiger partial charge in [0.2, 0.25) is 0 Å². The molecule has 0 atom stereocenters. The van der Waals surface area contributed by atoms with E-state index in [-0.39, 0.29) is 0 Å². The van der Waals surface area contributed by atoms with Crippen LogP contribution in [0.4, 0.5) is 0 Å². The molecule has 0 saturated heterocycles. The molecule has 1 aliphatic rings. The molecule has 1 radical (unpaired) electrons. The number of rotatable bonds is 1. The van der Waals surface area contributed by atoms with Crippen molar-refractivity contribution in [2.45, 2.75) is 0 Å². The molecule has 0 fully saturated rings. The molecule has 0 N–H and O–H groups in total. The van der Waals surface area contributed by atoms with Crippen LogP contribution in [0.1, 0.15) is 5.69 Å².